The van der Waals surface area contributed by atoms with Crippen molar-refractivity contribution < 1.29 is 22.6 Å². The highest BCUT2D eigenvalue weighted by Crippen LogP contribution is 2.26. The predicted octanol–water partition coefficient (Wildman–Crippen LogP) is 4.22. The number of aryl methyl sites for hydroxylation is 3. The SMILES string of the molecule is O=c1[nH]c(=O)n(CCc2ccc(Cl)cc2)c2nc(CCCOc3cccc(OC(F)(F)F)c3)[nH]c12. The monoisotopic (exact) mass is 508 g/mol. The van der Waals surface area contributed by atoms with Gasteiger partial charge in [0.1, 0.15) is 22.8 Å². The molecule has 35 heavy (non-hydrogen) atoms. The molecule has 0 fully saturated rings. The molecule has 0 saturated carbocycles. The number of nitrogens with zero attached hydrogens (tertiary/aromatic N) is 2. The van der Waals surface area contributed by atoms with Crippen molar-refractivity contribution >= 4 is 22.8 Å². The van der Waals surface area contributed by atoms with E-state index in [9.17, 15) is 22.8 Å². The molecule has 12 heteroatoms. The van der Waals surface area contributed by atoms with Crippen molar-refractivity contribution in [1.29, 1.82) is 0 Å². The minimum Gasteiger partial charge on any atom is -0.493 e. The molecule has 2 heterocycles. The second-order valence-electron chi connectivity index (χ2n) is 7.64. The number of rotatable bonds is 9. The standard InChI is InChI=1S/C23H20ClF3N4O4/c24-15-8-6-14(7-9-15)10-11-31-20-19(21(32)30-22(31)33)28-18(29-20)5-2-12-34-16-3-1-4-17(13-16)35-23(25,26)27/h1,3-4,6-9,13H,2,5,10-12H2,(H,28,29)(H,30,32,33). The maximum absolute atomic E-state index is 12.4. The van der Waals surface area contributed by atoms with Crippen LogP contribution in [0.3, 0.4) is 0 Å². The van der Waals surface area contributed by atoms with Gasteiger partial charge in [-0.2, -0.15) is 0 Å². The summed E-state index contributed by atoms with van der Waals surface area (Å²) in [6.45, 7) is 0.490. The van der Waals surface area contributed by atoms with Crippen LogP contribution in [0.15, 0.2) is 58.1 Å². The summed E-state index contributed by atoms with van der Waals surface area (Å²) in [4.78, 5) is 34.3. The van der Waals surface area contributed by atoms with Crippen LogP contribution >= 0.6 is 11.6 Å². The number of hydrogen-bond acceptors (Lipinski definition) is 5. The van der Waals surface area contributed by atoms with Crippen molar-refractivity contribution in [3.8, 4) is 11.5 Å². The normalized spacial score (nSPS) is 11.7. The van der Waals surface area contributed by atoms with E-state index in [1.54, 1.807) is 12.1 Å². The highest BCUT2D eigenvalue weighted by Gasteiger charge is 2.31. The van der Waals surface area contributed by atoms with Crippen LogP contribution in [-0.4, -0.2) is 32.5 Å². The lowest BCUT2D eigenvalue weighted by Gasteiger charge is -2.10. The Morgan fingerprint density at radius 1 is 1.00 bits per heavy atom. The molecule has 0 aliphatic heterocycles. The Morgan fingerprint density at radius 3 is 2.49 bits per heavy atom. The van der Waals surface area contributed by atoms with Crippen molar-refractivity contribution in [3.63, 3.8) is 0 Å². The number of ether oxygens (including phenoxy) is 2. The van der Waals surface area contributed by atoms with Gasteiger partial charge in [0, 0.05) is 24.1 Å². The van der Waals surface area contributed by atoms with Crippen molar-refractivity contribution in [2.24, 2.45) is 0 Å². The Balaban J connectivity index is 1.40. The Bertz CT molecular complexity index is 1430. The number of aromatic nitrogens is 4. The lowest BCUT2D eigenvalue weighted by molar-refractivity contribution is -0.274. The van der Waals surface area contributed by atoms with Gasteiger partial charge in [0.25, 0.3) is 5.56 Å². The first kappa shape index (κ1) is 24.4. The first-order valence-corrected chi connectivity index (χ1v) is 11.0. The zero-order valence-corrected chi connectivity index (χ0v) is 18.9. The van der Waals surface area contributed by atoms with Crippen LogP contribution in [0, 0.1) is 0 Å². The fourth-order valence-electron chi connectivity index (χ4n) is 3.50. The molecule has 0 unspecified atom stereocenters. The van der Waals surface area contributed by atoms with Crippen LogP contribution in [0.2, 0.25) is 5.02 Å². The summed E-state index contributed by atoms with van der Waals surface area (Å²) in [5.41, 5.74) is 0.288. The van der Waals surface area contributed by atoms with Gasteiger partial charge in [0.15, 0.2) is 5.65 Å². The van der Waals surface area contributed by atoms with Crippen LogP contribution < -0.4 is 20.7 Å². The number of aromatic amines is 2. The maximum atomic E-state index is 12.4. The molecule has 0 spiro atoms. The number of imidazole rings is 1. The fraction of sp³-hybridized carbons (Fsp3) is 0.261. The molecule has 0 bridgehead atoms. The lowest BCUT2D eigenvalue weighted by Crippen LogP contribution is -2.30. The molecule has 0 amide bonds. The van der Waals surface area contributed by atoms with Crippen LogP contribution in [-0.2, 0) is 19.4 Å². The van der Waals surface area contributed by atoms with Crippen LogP contribution in [0.5, 0.6) is 11.5 Å². The average Bonchev–Trinajstić information content (AvgIpc) is 3.21. The van der Waals surface area contributed by atoms with Crippen molar-refractivity contribution in [3.05, 3.63) is 85.8 Å². The van der Waals surface area contributed by atoms with Gasteiger partial charge in [0.2, 0.25) is 0 Å². The molecule has 4 aromatic rings. The van der Waals surface area contributed by atoms with E-state index in [0.29, 0.717) is 36.7 Å². The first-order chi connectivity index (χ1) is 16.7. The lowest BCUT2D eigenvalue weighted by atomic mass is 10.1. The quantitative estimate of drug-likeness (QED) is 0.330. The molecule has 0 radical (unpaired) electrons. The molecule has 4 rings (SSSR count). The summed E-state index contributed by atoms with van der Waals surface area (Å²) in [6, 6.07) is 12.5. The molecule has 0 atom stereocenters. The van der Waals surface area contributed by atoms with E-state index < -0.39 is 17.6 Å². The number of fused-ring (bicyclic) bond motifs is 1. The number of hydrogen-bond donors (Lipinski definition) is 2. The molecular weight excluding hydrogens is 489 g/mol. The third-order valence-corrected chi connectivity index (χ3v) is 5.34. The summed E-state index contributed by atoms with van der Waals surface area (Å²) in [6.07, 6.45) is -3.41. The van der Waals surface area contributed by atoms with E-state index in [2.05, 4.69) is 19.7 Å². The zero-order chi connectivity index (χ0) is 25.0. The number of benzene rings is 2. The minimum absolute atomic E-state index is 0.187. The Morgan fingerprint density at radius 2 is 1.74 bits per heavy atom. The van der Waals surface area contributed by atoms with E-state index in [1.165, 1.54) is 22.8 Å². The zero-order valence-electron chi connectivity index (χ0n) is 18.2. The average molecular weight is 509 g/mol. The predicted molar refractivity (Wildman–Crippen MR) is 123 cm³/mol. The van der Waals surface area contributed by atoms with Gasteiger partial charge < -0.3 is 14.5 Å². The van der Waals surface area contributed by atoms with Crippen molar-refractivity contribution in [2.75, 3.05) is 6.61 Å². The molecule has 8 nitrogen and oxygen atoms in total. The summed E-state index contributed by atoms with van der Waals surface area (Å²) in [5, 5.41) is 0.612. The Labute approximate surface area is 201 Å². The number of alkyl halides is 3. The third kappa shape index (κ3) is 6.44. The maximum Gasteiger partial charge on any atom is 0.573 e. The number of halogens is 4. The summed E-state index contributed by atoms with van der Waals surface area (Å²) in [5.74, 6) is 0.334. The van der Waals surface area contributed by atoms with E-state index in [-0.39, 0.29) is 29.3 Å². The highest BCUT2D eigenvalue weighted by atomic mass is 35.5. The van der Waals surface area contributed by atoms with E-state index >= 15 is 0 Å². The van der Waals surface area contributed by atoms with Crippen LogP contribution in [0.1, 0.15) is 17.8 Å². The van der Waals surface area contributed by atoms with Gasteiger partial charge >= 0.3 is 12.1 Å². The van der Waals surface area contributed by atoms with E-state index in [0.717, 1.165) is 11.6 Å². The molecule has 2 aromatic heterocycles. The van der Waals surface area contributed by atoms with Gasteiger partial charge in [0.05, 0.1) is 6.61 Å². The largest absolute Gasteiger partial charge is 0.573 e. The van der Waals surface area contributed by atoms with Crippen LogP contribution in [0.4, 0.5) is 13.2 Å². The van der Waals surface area contributed by atoms with Crippen molar-refractivity contribution in [2.45, 2.75) is 32.2 Å². The summed E-state index contributed by atoms with van der Waals surface area (Å²) < 4.78 is 47.9. The summed E-state index contributed by atoms with van der Waals surface area (Å²) >= 11 is 5.90. The van der Waals surface area contributed by atoms with Crippen molar-refractivity contribution in [1.82, 2.24) is 19.5 Å². The summed E-state index contributed by atoms with van der Waals surface area (Å²) in [7, 11) is 0. The molecule has 2 N–H and O–H groups in total. The Hall–Kier alpha value is -3.73. The fourth-order valence-corrected chi connectivity index (χ4v) is 3.62. The molecule has 0 saturated heterocycles. The van der Waals surface area contributed by atoms with Gasteiger partial charge in [-0.05, 0) is 42.7 Å². The van der Waals surface area contributed by atoms with Gasteiger partial charge in [-0.15, -0.1) is 13.2 Å². The highest BCUT2D eigenvalue weighted by molar-refractivity contribution is 6.30. The minimum atomic E-state index is -4.78. The molecule has 0 aliphatic carbocycles. The third-order valence-electron chi connectivity index (χ3n) is 5.09. The number of nitrogens with one attached hydrogen (secondary N) is 2. The number of H-pyrrole nitrogens is 2. The molecule has 0 aliphatic rings. The molecule has 184 valence electrons. The first-order valence-electron chi connectivity index (χ1n) is 10.6. The van der Waals surface area contributed by atoms with Gasteiger partial charge in [-0.25, -0.2) is 9.78 Å². The van der Waals surface area contributed by atoms with Crippen LogP contribution in [0.25, 0.3) is 11.2 Å². The van der Waals surface area contributed by atoms with E-state index in [1.807, 2.05) is 12.1 Å². The second-order valence-corrected chi connectivity index (χ2v) is 8.08. The van der Waals surface area contributed by atoms with E-state index in [4.69, 9.17) is 16.3 Å². The van der Waals surface area contributed by atoms with Gasteiger partial charge in [-0.1, -0.05) is 29.8 Å². The molecule has 2 aromatic carbocycles. The Kier molecular flexibility index (Phi) is 7.15. The molecular formula is C23H20ClF3N4O4. The smallest absolute Gasteiger partial charge is 0.493 e. The topological polar surface area (TPSA) is 102 Å². The second kappa shape index (κ2) is 10.3. The van der Waals surface area contributed by atoms with Gasteiger partial charge in [-0.3, -0.25) is 14.3 Å².